The second-order valence-electron chi connectivity index (χ2n) is 5.92. The van der Waals surface area contributed by atoms with E-state index >= 15 is 0 Å². The van der Waals surface area contributed by atoms with Gasteiger partial charge in [0.15, 0.2) is 0 Å². The third kappa shape index (κ3) is 5.10. The van der Waals surface area contributed by atoms with Crippen molar-refractivity contribution < 1.29 is 14.0 Å². The van der Waals surface area contributed by atoms with Gasteiger partial charge in [0.05, 0.1) is 0 Å². The second-order valence-corrected chi connectivity index (χ2v) is 5.92. The van der Waals surface area contributed by atoms with Crippen LogP contribution in [0, 0.1) is 5.82 Å². The maximum atomic E-state index is 13.6. The van der Waals surface area contributed by atoms with Crippen molar-refractivity contribution >= 4 is 29.1 Å². The van der Waals surface area contributed by atoms with Gasteiger partial charge in [-0.15, -0.1) is 0 Å². The number of amides is 2. The van der Waals surface area contributed by atoms with Crippen LogP contribution in [0.1, 0.15) is 23.0 Å². The molecule has 8 heteroatoms. The summed E-state index contributed by atoms with van der Waals surface area (Å²) in [5.74, 6) is -0.728. The summed E-state index contributed by atoms with van der Waals surface area (Å²) in [7, 11) is 0. The minimum absolute atomic E-state index is 0.0584. The molecule has 28 heavy (non-hydrogen) atoms. The lowest BCUT2D eigenvalue weighted by Gasteiger charge is -2.09. The molecule has 0 radical (unpaired) electrons. The molecule has 0 atom stereocenters. The molecule has 0 saturated heterocycles. The molecule has 3 N–H and O–H groups in total. The number of rotatable bonds is 6. The molecule has 0 unspecified atom stereocenters. The highest BCUT2D eigenvalue weighted by Crippen LogP contribution is 2.16. The Kier molecular flexibility index (Phi) is 5.91. The molecule has 0 saturated carbocycles. The molecule has 0 aliphatic rings. The van der Waals surface area contributed by atoms with Crippen LogP contribution in [0.15, 0.2) is 60.8 Å². The van der Waals surface area contributed by atoms with E-state index in [2.05, 4.69) is 25.9 Å². The van der Waals surface area contributed by atoms with Gasteiger partial charge in [0.25, 0.3) is 5.91 Å². The molecule has 142 valence electrons. The molecule has 0 aliphatic heterocycles. The number of halogens is 1. The predicted octanol–water partition coefficient (Wildman–Crippen LogP) is 3.25. The molecule has 1 aromatic heterocycles. The van der Waals surface area contributed by atoms with Gasteiger partial charge in [-0.3, -0.25) is 9.59 Å². The van der Waals surface area contributed by atoms with E-state index < -0.39 is 5.91 Å². The highest BCUT2D eigenvalue weighted by molar-refractivity contribution is 5.92. The Morgan fingerprint density at radius 2 is 1.71 bits per heavy atom. The van der Waals surface area contributed by atoms with Crippen molar-refractivity contribution in [1.82, 2.24) is 15.3 Å². The van der Waals surface area contributed by atoms with Crippen LogP contribution in [-0.4, -0.2) is 21.8 Å². The maximum absolute atomic E-state index is 13.6. The average molecular weight is 379 g/mol. The first-order chi connectivity index (χ1) is 13.5. The minimum Gasteiger partial charge on any atom is -0.347 e. The lowest BCUT2D eigenvalue weighted by molar-refractivity contribution is -0.114. The molecular formula is C20H18FN5O2. The van der Waals surface area contributed by atoms with Gasteiger partial charge in [0, 0.05) is 36.6 Å². The van der Waals surface area contributed by atoms with Crippen LogP contribution in [0.2, 0.25) is 0 Å². The van der Waals surface area contributed by atoms with Crippen LogP contribution in [-0.2, 0) is 11.3 Å². The zero-order valence-electron chi connectivity index (χ0n) is 15.1. The standard InChI is InChI=1S/C20H18FN5O2/c1-13(27)24-15-6-8-16(9-7-15)25-20-22-11-10-18(26-20)19(28)23-12-14-4-2-3-5-17(14)21/h2-11H,12H2,1H3,(H,23,28)(H,24,27)(H,22,25,26). The average Bonchev–Trinajstić information content (AvgIpc) is 2.68. The Balaban J connectivity index is 1.64. The van der Waals surface area contributed by atoms with Crippen LogP contribution in [0.3, 0.4) is 0 Å². The molecular weight excluding hydrogens is 361 g/mol. The van der Waals surface area contributed by atoms with E-state index in [1.807, 2.05) is 0 Å². The third-order valence-electron chi connectivity index (χ3n) is 3.75. The number of carbonyl (C=O) groups is 2. The monoisotopic (exact) mass is 379 g/mol. The van der Waals surface area contributed by atoms with Crippen molar-refractivity contribution in [2.45, 2.75) is 13.5 Å². The van der Waals surface area contributed by atoms with Crippen molar-refractivity contribution in [2.24, 2.45) is 0 Å². The van der Waals surface area contributed by atoms with E-state index in [-0.39, 0.29) is 29.9 Å². The van der Waals surface area contributed by atoms with Crippen molar-refractivity contribution in [2.75, 3.05) is 10.6 Å². The van der Waals surface area contributed by atoms with Gasteiger partial charge >= 0.3 is 0 Å². The van der Waals surface area contributed by atoms with Gasteiger partial charge in [-0.05, 0) is 36.4 Å². The smallest absolute Gasteiger partial charge is 0.270 e. The van der Waals surface area contributed by atoms with Gasteiger partial charge in [-0.25, -0.2) is 14.4 Å². The van der Waals surface area contributed by atoms with Crippen molar-refractivity contribution in [3.8, 4) is 0 Å². The summed E-state index contributed by atoms with van der Waals surface area (Å²) in [6.07, 6.45) is 1.46. The summed E-state index contributed by atoms with van der Waals surface area (Å²) in [5.41, 5.74) is 1.91. The van der Waals surface area contributed by atoms with Crippen LogP contribution in [0.4, 0.5) is 21.7 Å². The Bertz CT molecular complexity index is 992. The van der Waals surface area contributed by atoms with Crippen molar-refractivity contribution in [1.29, 1.82) is 0 Å². The number of hydrogen-bond donors (Lipinski definition) is 3. The van der Waals surface area contributed by atoms with Crippen LogP contribution < -0.4 is 16.0 Å². The molecule has 1 heterocycles. The highest BCUT2D eigenvalue weighted by atomic mass is 19.1. The van der Waals surface area contributed by atoms with E-state index in [0.717, 1.165) is 0 Å². The largest absolute Gasteiger partial charge is 0.347 e. The lowest BCUT2D eigenvalue weighted by Crippen LogP contribution is -2.24. The molecule has 0 fully saturated rings. The summed E-state index contributed by atoms with van der Waals surface area (Å²) < 4.78 is 13.6. The Morgan fingerprint density at radius 3 is 2.43 bits per heavy atom. The van der Waals surface area contributed by atoms with Gasteiger partial charge in [-0.2, -0.15) is 0 Å². The maximum Gasteiger partial charge on any atom is 0.270 e. The van der Waals surface area contributed by atoms with Crippen LogP contribution in [0.25, 0.3) is 0 Å². The van der Waals surface area contributed by atoms with Crippen LogP contribution >= 0.6 is 0 Å². The molecule has 7 nitrogen and oxygen atoms in total. The van der Waals surface area contributed by atoms with E-state index in [0.29, 0.717) is 16.9 Å². The number of nitrogens with zero attached hydrogens (tertiary/aromatic N) is 2. The van der Waals surface area contributed by atoms with Gasteiger partial charge in [-0.1, -0.05) is 18.2 Å². The van der Waals surface area contributed by atoms with Crippen molar-refractivity contribution in [3.63, 3.8) is 0 Å². The van der Waals surface area contributed by atoms with E-state index in [1.54, 1.807) is 42.5 Å². The number of aromatic nitrogens is 2. The number of nitrogens with one attached hydrogen (secondary N) is 3. The Morgan fingerprint density at radius 1 is 1.00 bits per heavy atom. The third-order valence-corrected chi connectivity index (χ3v) is 3.75. The molecule has 0 spiro atoms. The fourth-order valence-corrected chi connectivity index (χ4v) is 2.42. The van der Waals surface area contributed by atoms with E-state index in [9.17, 15) is 14.0 Å². The Labute approximate surface area is 161 Å². The normalized spacial score (nSPS) is 10.2. The first-order valence-corrected chi connectivity index (χ1v) is 8.50. The fourth-order valence-electron chi connectivity index (χ4n) is 2.42. The molecule has 2 aromatic carbocycles. The molecule has 3 aromatic rings. The molecule has 2 amide bonds. The van der Waals surface area contributed by atoms with Gasteiger partial charge in [0.1, 0.15) is 11.5 Å². The predicted molar refractivity (Wildman–Crippen MR) is 104 cm³/mol. The SMILES string of the molecule is CC(=O)Nc1ccc(Nc2nccc(C(=O)NCc3ccccc3F)n2)cc1. The Hall–Kier alpha value is -3.81. The number of hydrogen-bond acceptors (Lipinski definition) is 5. The molecule has 0 aliphatic carbocycles. The van der Waals surface area contributed by atoms with E-state index in [4.69, 9.17) is 0 Å². The number of carbonyl (C=O) groups excluding carboxylic acids is 2. The summed E-state index contributed by atoms with van der Waals surface area (Å²) in [4.78, 5) is 31.6. The zero-order chi connectivity index (χ0) is 19.9. The molecule has 3 rings (SSSR count). The first-order valence-electron chi connectivity index (χ1n) is 8.50. The number of anilines is 3. The lowest BCUT2D eigenvalue weighted by atomic mass is 10.2. The zero-order valence-corrected chi connectivity index (χ0v) is 15.1. The second kappa shape index (κ2) is 8.72. The number of benzene rings is 2. The highest BCUT2D eigenvalue weighted by Gasteiger charge is 2.10. The van der Waals surface area contributed by atoms with Gasteiger partial charge < -0.3 is 16.0 Å². The fraction of sp³-hybridized carbons (Fsp3) is 0.100. The minimum atomic E-state index is -0.435. The summed E-state index contributed by atoms with van der Waals surface area (Å²) in [6.45, 7) is 1.49. The first kappa shape index (κ1) is 19.0. The van der Waals surface area contributed by atoms with Crippen LogP contribution in [0.5, 0.6) is 0 Å². The quantitative estimate of drug-likeness (QED) is 0.611. The van der Waals surface area contributed by atoms with Gasteiger partial charge in [0.2, 0.25) is 11.9 Å². The molecule has 0 bridgehead atoms. The topological polar surface area (TPSA) is 96.0 Å². The van der Waals surface area contributed by atoms with Crippen molar-refractivity contribution in [3.05, 3.63) is 77.9 Å². The summed E-state index contributed by atoms with van der Waals surface area (Å²) in [5, 5.41) is 8.30. The summed E-state index contributed by atoms with van der Waals surface area (Å²) in [6, 6.07) is 14.7. The van der Waals surface area contributed by atoms with E-state index in [1.165, 1.54) is 25.3 Å². The summed E-state index contributed by atoms with van der Waals surface area (Å²) >= 11 is 0.